The van der Waals surface area contributed by atoms with Gasteiger partial charge in [-0.1, -0.05) is 54.9 Å². The Morgan fingerprint density at radius 2 is 1.70 bits per heavy atom. The van der Waals surface area contributed by atoms with E-state index in [0.29, 0.717) is 34.7 Å². The van der Waals surface area contributed by atoms with Crippen LogP contribution < -0.4 is 5.32 Å². The van der Waals surface area contributed by atoms with Crippen molar-refractivity contribution >= 4 is 39.1 Å². The Labute approximate surface area is 257 Å². The number of aryl methyl sites for hydroxylation is 3. The molecule has 0 aliphatic carbocycles. The molecule has 230 valence electrons. The van der Waals surface area contributed by atoms with E-state index in [-0.39, 0.29) is 30.8 Å². The molecule has 11 heteroatoms. The number of benzene rings is 2. The Kier molecular flexibility index (Phi) is 12.9. The summed E-state index contributed by atoms with van der Waals surface area (Å²) in [5.41, 5.74) is 3.67. The van der Waals surface area contributed by atoms with E-state index < -0.39 is 46.0 Å². The number of rotatable bonds is 17. The minimum atomic E-state index is -3.80. The fourth-order valence-corrected chi connectivity index (χ4v) is 6.77. The number of carbonyl (C=O) groups excluding carboxylic acids is 2. The van der Waals surface area contributed by atoms with Gasteiger partial charge in [0.05, 0.1) is 30.5 Å². The summed E-state index contributed by atoms with van der Waals surface area (Å²) in [6.45, 7) is 1.38. The smallest absolute Gasteiger partial charge is 0.307 e. The number of aliphatic hydroxyl groups excluding tert-OH is 1. The third-order valence-electron chi connectivity index (χ3n) is 7.14. The predicted octanol–water partition coefficient (Wildman–Crippen LogP) is 3.77. The second-order valence-electron chi connectivity index (χ2n) is 10.5. The number of Topliss-reactive ketones (excluding diaryl/α,β-unsaturated/α-hetero) is 1. The molecule has 3 N–H and O–H groups in total. The van der Waals surface area contributed by atoms with Crippen LogP contribution in [-0.4, -0.2) is 59.7 Å². The maximum Gasteiger partial charge on any atom is 0.307 e. The molecular formula is C32H37ClN2O7S. The Bertz CT molecular complexity index is 1500. The third-order valence-corrected chi connectivity index (χ3v) is 9.06. The van der Waals surface area contributed by atoms with Crippen LogP contribution in [0.25, 0.3) is 0 Å². The normalized spacial score (nSPS) is 12.8. The Morgan fingerprint density at radius 1 is 0.977 bits per heavy atom. The Hall–Kier alpha value is -3.60. The first kappa shape index (κ1) is 33.9. The molecule has 0 radical (unpaired) electrons. The summed E-state index contributed by atoms with van der Waals surface area (Å²) in [4.78, 5) is 41.6. The van der Waals surface area contributed by atoms with Crippen LogP contribution in [0.3, 0.4) is 0 Å². The van der Waals surface area contributed by atoms with Gasteiger partial charge < -0.3 is 15.5 Å². The van der Waals surface area contributed by atoms with E-state index >= 15 is 0 Å². The molecule has 2 aromatic carbocycles. The summed E-state index contributed by atoms with van der Waals surface area (Å²) in [6.07, 6.45) is 3.15. The molecule has 0 bridgehead atoms. The fraction of sp³-hybridized carbons (Fsp3) is 0.375. The van der Waals surface area contributed by atoms with Crippen LogP contribution in [0.15, 0.2) is 66.9 Å². The Balaban J connectivity index is 1.71. The van der Waals surface area contributed by atoms with E-state index in [0.717, 1.165) is 17.5 Å². The van der Waals surface area contributed by atoms with Gasteiger partial charge in [-0.05, 0) is 72.2 Å². The fourth-order valence-electron chi connectivity index (χ4n) is 4.83. The number of hydrogen-bond donors (Lipinski definition) is 3. The number of nitrogens with one attached hydrogen (secondary N) is 1. The third kappa shape index (κ3) is 11.2. The maximum absolute atomic E-state index is 13.4. The summed E-state index contributed by atoms with van der Waals surface area (Å²) in [5.74, 6) is -3.81. The number of nitrogens with zero attached hydrogens (tertiary/aromatic N) is 1. The van der Waals surface area contributed by atoms with E-state index in [4.69, 9.17) is 16.7 Å². The van der Waals surface area contributed by atoms with Crippen molar-refractivity contribution in [2.24, 2.45) is 5.92 Å². The van der Waals surface area contributed by atoms with Gasteiger partial charge in [0.25, 0.3) is 0 Å². The molecule has 1 aromatic heterocycles. The zero-order valence-corrected chi connectivity index (χ0v) is 25.6. The van der Waals surface area contributed by atoms with Crippen molar-refractivity contribution in [1.29, 1.82) is 0 Å². The summed E-state index contributed by atoms with van der Waals surface area (Å²) in [7, 11) is -3.80. The lowest BCUT2D eigenvalue weighted by Crippen LogP contribution is -2.47. The molecule has 0 saturated carbocycles. The number of carboxylic acids is 1. The molecule has 0 spiro atoms. The van der Waals surface area contributed by atoms with Crippen LogP contribution in [0.2, 0.25) is 5.02 Å². The molecule has 2 atom stereocenters. The zero-order valence-electron chi connectivity index (χ0n) is 24.0. The van der Waals surface area contributed by atoms with Gasteiger partial charge in [0, 0.05) is 23.3 Å². The molecule has 1 heterocycles. The van der Waals surface area contributed by atoms with Crippen molar-refractivity contribution in [2.75, 3.05) is 12.4 Å². The van der Waals surface area contributed by atoms with Crippen LogP contribution in [0.4, 0.5) is 0 Å². The summed E-state index contributed by atoms with van der Waals surface area (Å²) >= 11 is 6.13. The Morgan fingerprint density at radius 3 is 2.33 bits per heavy atom. The minimum Gasteiger partial charge on any atom is -0.481 e. The van der Waals surface area contributed by atoms with E-state index in [2.05, 4.69) is 10.3 Å². The zero-order chi connectivity index (χ0) is 31.4. The van der Waals surface area contributed by atoms with Gasteiger partial charge in [0.1, 0.15) is 6.04 Å². The topological polar surface area (TPSA) is 151 Å². The highest BCUT2D eigenvalue weighted by Gasteiger charge is 2.29. The highest BCUT2D eigenvalue weighted by atomic mass is 35.5. The molecule has 0 saturated heterocycles. The summed E-state index contributed by atoms with van der Waals surface area (Å²) in [5, 5.41) is 22.1. The molecule has 1 amide bonds. The number of aromatic nitrogens is 1. The molecule has 0 unspecified atom stereocenters. The lowest BCUT2D eigenvalue weighted by molar-refractivity contribution is -0.136. The van der Waals surface area contributed by atoms with Crippen molar-refractivity contribution in [3.05, 3.63) is 99.8 Å². The molecule has 3 aromatic rings. The van der Waals surface area contributed by atoms with Crippen LogP contribution in [-0.2, 0) is 55.7 Å². The maximum atomic E-state index is 13.4. The number of carbonyl (C=O) groups is 3. The lowest BCUT2D eigenvalue weighted by atomic mass is 9.97. The van der Waals surface area contributed by atoms with Crippen LogP contribution in [0, 0.1) is 5.92 Å². The first-order valence-electron chi connectivity index (χ1n) is 14.1. The van der Waals surface area contributed by atoms with Crippen LogP contribution in [0.5, 0.6) is 0 Å². The first-order valence-corrected chi connectivity index (χ1v) is 16.3. The standard InChI is InChI=1S/C32H37ClN2O7S/c1-2-24-10-13-27(33)18-25(24)12-15-30(37)29(19-36)35-32(40)26(11-14-28-5-3-4-16-34-28)21-43(41,42)20-23-8-6-22(7-9-23)17-31(38)39/h3-10,13,16,18,26,29,36H,2,11-12,14-15,17,19-21H2,1H3,(H,35,40)(H,38,39)/t26-,29-/m0/s1. The average Bonchev–Trinajstić information content (AvgIpc) is 2.97. The number of aliphatic hydroxyl groups is 1. The number of hydrogen-bond acceptors (Lipinski definition) is 7. The SMILES string of the molecule is CCc1ccc(Cl)cc1CCC(=O)[C@H](CO)NC(=O)[C@@H](CCc1ccccn1)CS(=O)(=O)Cc1ccc(CC(=O)O)cc1. The van der Waals surface area contributed by atoms with Crippen molar-refractivity contribution < 1.29 is 33.0 Å². The van der Waals surface area contributed by atoms with Gasteiger partial charge >= 0.3 is 5.97 Å². The molecule has 43 heavy (non-hydrogen) atoms. The molecule has 3 rings (SSSR count). The number of aliphatic carboxylic acids is 1. The van der Waals surface area contributed by atoms with E-state index in [1.165, 1.54) is 0 Å². The van der Waals surface area contributed by atoms with Crippen LogP contribution in [0.1, 0.15) is 47.7 Å². The van der Waals surface area contributed by atoms with Crippen molar-refractivity contribution in [2.45, 2.75) is 57.2 Å². The second kappa shape index (κ2) is 16.3. The number of ketones is 1. The molecular weight excluding hydrogens is 592 g/mol. The van der Waals surface area contributed by atoms with E-state index in [9.17, 15) is 27.9 Å². The van der Waals surface area contributed by atoms with E-state index in [1.807, 2.05) is 13.0 Å². The quantitative estimate of drug-likeness (QED) is 0.204. The van der Waals surface area contributed by atoms with Gasteiger partial charge in [-0.2, -0.15) is 0 Å². The number of amides is 1. The predicted molar refractivity (Wildman–Crippen MR) is 164 cm³/mol. The van der Waals surface area contributed by atoms with Crippen LogP contribution >= 0.6 is 11.6 Å². The number of sulfone groups is 1. The van der Waals surface area contributed by atoms with Gasteiger partial charge in [-0.15, -0.1) is 0 Å². The van der Waals surface area contributed by atoms with Crippen molar-refractivity contribution in [3.8, 4) is 0 Å². The van der Waals surface area contributed by atoms with E-state index in [1.54, 1.807) is 60.8 Å². The molecule has 9 nitrogen and oxygen atoms in total. The summed E-state index contributed by atoms with van der Waals surface area (Å²) < 4.78 is 26.4. The summed E-state index contributed by atoms with van der Waals surface area (Å²) in [6, 6.07) is 15.9. The number of pyridine rings is 1. The lowest BCUT2D eigenvalue weighted by Gasteiger charge is -2.21. The highest BCUT2D eigenvalue weighted by molar-refractivity contribution is 7.90. The minimum absolute atomic E-state index is 0.0631. The number of halogens is 1. The van der Waals surface area contributed by atoms with Gasteiger partial charge in [-0.3, -0.25) is 19.4 Å². The van der Waals surface area contributed by atoms with Gasteiger partial charge in [-0.25, -0.2) is 8.42 Å². The molecule has 0 fully saturated rings. The second-order valence-corrected chi connectivity index (χ2v) is 13.0. The van der Waals surface area contributed by atoms with Crippen molar-refractivity contribution in [1.82, 2.24) is 10.3 Å². The van der Waals surface area contributed by atoms with Gasteiger partial charge in [0.2, 0.25) is 5.91 Å². The molecule has 0 aliphatic heterocycles. The number of carboxylic acid groups (broad SMARTS) is 1. The van der Waals surface area contributed by atoms with Gasteiger partial charge in [0.15, 0.2) is 15.6 Å². The first-order chi connectivity index (χ1) is 20.5. The monoisotopic (exact) mass is 628 g/mol. The average molecular weight is 629 g/mol. The van der Waals surface area contributed by atoms with Crippen molar-refractivity contribution in [3.63, 3.8) is 0 Å². The molecule has 0 aliphatic rings. The highest BCUT2D eigenvalue weighted by Crippen LogP contribution is 2.20. The largest absolute Gasteiger partial charge is 0.481 e.